The number of allylic oxidation sites excluding steroid dienone is 2. The van der Waals surface area contributed by atoms with Gasteiger partial charge in [0.05, 0.1) is 0 Å². The first-order valence-corrected chi connectivity index (χ1v) is 5.79. The van der Waals surface area contributed by atoms with Crippen LogP contribution in [0.25, 0.3) is 5.57 Å². The first kappa shape index (κ1) is 10.7. The molecule has 0 saturated heterocycles. The van der Waals surface area contributed by atoms with Crippen LogP contribution in [-0.2, 0) is 6.42 Å². The molecule has 0 atom stereocenters. The predicted octanol–water partition coefficient (Wildman–Crippen LogP) is 2.49. The second-order valence-electron chi connectivity index (χ2n) is 4.34. The van der Waals surface area contributed by atoms with Crippen molar-refractivity contribution in [2.45, 2.75) is 6.42 Å². The highest BCUT2D eigenvalue weighted by molar-refractivity contribution is 6.11. The number of benzene rings is 1. The molecule has 0 unspecified atom stereocenters. The summed E-state index contributed by atoms with van der Waals surface area (Å²) in [4.78, 5) is 16.1. The van der Waals surface area contributed by atoms with E-state index in [1.807, 2.05) is 30.3 Å². The number of hydrogen-bond donors (Lipinski definition) is 1. The molecule has 0 bridgehead atoms. The van der Waals surface area contributed by atoms with Gasteiger partial charge in [0.2, 0.25) is 0 Å². The zero-order valence-electron chi connectivity index (χ0n) is 9.76. The van der Waals surface area contributed by atoms with Gasteiger partial charge in [0.15, 0.2) is 5.78 Å². The molecule has 1 aliphatic rings. The molecule has 1 aromatic heterocycles. The third-order valence-electron chi connectivity index (χ3n) is 3.13. The Hall–Kier alpha value is -2.42. The number of rotatable bonds is 1. The average Bonchev–Trinajstić information content (AvgIpc) is 2.39. The summed E-state index contributed by atoms with van der Waals surface area (Å²) >= 11 is 0. The van der Waals surface area contributed by atoms with Crippen molar-refractivity contribution in [1.29, 1.82) is 0 Å². The number of hydrogen-bond acceptors (Lipinski definition) is 3. The minimum atomic E-state index is 0.0590. The first-order chi connectivity index (χ1) is 8.74. The van der Waals surface area contributed by atoms with Crippen molar-refractivity contribution < 1.29 is 4.79 Å². The summed E-state index contributed by atoms with van der Waals surface area (Å²) in [5.74, 6) is 0.547. The van der Waals surface area contributed by atoms with Gasteiger partial charge in [0.1, 0.15) is 5.82 Å². The quantitative estimate of drug-likeness (QED) is 0.827. The van der Waals surface area contributed by atoms with Crippen LogP contribution in [0.2, 0.25) is 0 Å². The highest BCUT2D eigenvalue weighted by atomic mass is 16.1. The van der Waals surface area contributed by atoms with Gasteiger partial charge < -0.3 is 5.73 Å². The van der Waals surface area contributed by atoms with Crippen molar-refractivity contribution in [3.8, 4) is 0 Å². The van der Waals surface area contributed by atoms with E-state index in [1.165, 1.54) is 0 Å². The molecule has 0 amide bonds. The van der Waals surface area contributed by atoms with Gasteiger partial charge >= 0.3 is 0 Å². The summed E-state index contributed by atoms with van der Waals surface area (Å²) in [6.45, 7) is 0. The summed E-state index contributed by atoms with van der Waals surface area (Å²) in [6.07, 6.45) is 4.16. The third kappa shape index (κ3) is 1.80. The minimum absolute atomic E-state index is 0.0590. The SMILES string of the molecule is Nc1ccc(C2=CC(=O)c3ccccc3C2)cn1. The maximum Gasteiger partial charge on any atom is 0.186 e. The fraction of sp³-hybridized carbons (Fsp3) is 0.0667. The summed E-state index contributed by atoms with van der Waals surface area (Å²) in [7, 11) is 0. The number of nitrogen functional groups attached to an aromatic ring is 1. The second-order valence-corrected chi connectivity index (χ2v) is 4.34. The van der Waals surface area contributed by atoms with Crippen molar-refractivity contribution in [2.24, 2.45) is 0 Å². The number of aromatic nitrogens is 1. The van der Waals surface area contributed by atoms with Gasteiger partial charge in [-0.2, -0.15) is 0 Å². The van der Waals surface area contributed by atoms with Crippen LogP contribution in [0, 0.1) is 0 Å². The van der Waals surface area contributed by atoms with Gasteiger partial charge in [0.25, 0.3) is 0 Å². The number of carbonyl (C=O) groups excluding carboxylic acids is 1. The van der Waals surface area contributed by atoms with Crippen LogP contribution in [0.4, 0.5) is 5.82 Å². The fourth-order valence-corrected chi connectivity index (χ4v) is 2.19. The topological polar surface area (TPSA) is 56.0 Å². The van der Waals surface area contributed by atoms with Crippen molar-refractivity contribution in [2.75, 3.05) is 5.73 Å². The van der Waals surface area contributed by atoms with Crippen molar-refractivity contribution >= 4 is 17.2 Å². The zero-order valence-corrected chi connectivity index (χ0v) is 9.76. The lowest BCUT2D eigenvalue weighted by Crippen LogP contribution is -2.09. The van der Waals surface area contributed by atoms with E-state index in [0.717, 1.165) is 28.7 Å². The first-order valence-electron chi connectivity index (χ1n) is 5.79. The number of pyridine rings is 1. The van der Waals surface area contributed by atoms with Gasteiger partial charge in [-0.3, -0.25) is 4.79 Å². The molecule has 3 rings (SSSR count). The van der Waals surface area contributed by atoms with Crippen LogP contribution in [-0.4, -0.2) is 10.8 Å². The molecule has 0 spiro atoms. The zero-order chi connectivity index (χ0) is 12.5. The Labute approximate surface area is 105 Å². The minimum Gasteiger partial charge on any atom is -0.384 e. The van der Waals surface area contributed by atoms with E-state index in [-0.39, 0.29) is 5.78 Å². The number of nitrogens with two attached hydrogens (primary N) is 1. The lowest BCUT2D eigenvalue weighted by molar-refractivity contribution is 0.104. The standard InChI is InChI=1S/C15H12N2O/c16-15-6-5-11(9-17-15)12-7-10-3-1-2-4-13(10)14(18)8-12/h1-6,8-9H,7H2,(H2,16,17). The molecular formula is C15H12N2O. The highest BCUT2D eigenvalue weighted by Crippen LogP contribution is 2.27. The van der Waals surface area contributed by atoms with Gasteiger partial charge in [-0.1, -0.05) is 24.3 Å². The molecule has 0 aliphatic heterocycles. The van der Waals surface area contributed by atoms with Crippen molar-refractivity contribution in [1.82, 2.24) is 4.98 Å². The van der Waals surface area contributed by atoms with Gasteiger partial charge in [-0.15, -0.1) is 0 Å². The Bertz CT molecular complexity index is 642. The Kier molecular flexibility index (Phi) is 2.45. The highest BCUT2D eigenvalue weighted by Gasteiger charge is 2.17. The number of carbonyl (C=O) groups is 1. The number of ketones is 1. The second kappa shape index (κ2) is 4.11. The molecule has 2 aromatic rings. The Morgan fingerprint density at radius 2 is 1.94 bits per heavy atom. The Morgan fingerprint density at radius 1 is 1.11 bits per heavy atom. The summed E-state index contributed by atoms with van der Waals surface area (Å²) in [6, 6.07) is 11.4. The molecule has 0 fully saturated rings. The van der Waals surface area contributed by atoms with E-state index in [1.54, 1.807) is 18.3 Å². The monoisotopic (exact) mass is 236 g/mol. The largest absolute Gasteiger partial charge is 0.384 e. The van der Waals surface area contributed by atoms with Crippen LogP contribution in [0.3, 0.4) is 0 Å². The lowest BCUT2D eigenvalue weighted by atomic mass is 9.88. The molecule has 18 heavy (non-hydrogen) atoms. The smallest absolute Gasteiger partial charge is 0.186 e. The average molecular weight is 236 g/mol. The molecule has 1 aliphatic carbocycles. The predicted molar refractivity (Wildman–Crippen MR) is 71.1 cm³/mol. The molecule has 0 saturated carbocycles. The molecule has 3 nitrogen and oxygen atoms in total. The maximum absolute atomic E-state index is 12.0. The van der Waals surface area contributed by atoms with Crippen LogP contribution < -0.4 is 5.73 Å². The van der Waals surface area contributed by atoms with Crippen LogP contribution in [0.15, 0.2) is 48.7 Å². The molecule has 1 aromatic carbocycles. The number of anilines is 1. The molecule has 0 radical (unpaired) electrons. The fourth-order valence-electron chi connectivity index (χ4n) is 2.19. The van der Waals surface area contributed by atoms with Crippen molar-refractivity contribution in [3.05, 3.63) is 65.4 Å². The number of fused-ring (bicyclic) bond motifs is 1. The Morgan fingerprint density at radius 3 is 2.72 bits per heavy atom. The van der Waals surface area contributed by atoms with Crippen LogP contribution in [0.1, 0.15) is 21.5 Å². The molecule has 3 heteroatoms. The third-order valence-corrected chi connectivity index (χ3v) is 3.13. The van der Waals surface area contributed by atoms with E-state index in [4.69, 9.17) is 5.73 Å². The van der Waals surface area contributed by atoms with E-state index >= 15 is 0 Å². The maximum atomic E-state index is 12.0. The van der Waals surface area contributed by atoms with Crippen LogP contribution in [0.5, 0.6) is 0 Å². The summed E-state index contributed by atoms with van der Waals surface area (Å²) < 4.78 is 0. The summed E-state index contributed by atoms with van der Waals surface area (Å²) in [5, 5.41) is 0. The summed E-state index contributed by atoms with van der Waals surface area (Å²) in [5.41, 5.74) is 9.37. The van der Waals surface area contributed by atoms with Crippen molar-refractivity contribution in [3.63, 3.8) is 0 Å². The van der Waals surface area contributed by atoms with Gasteiger partial charge in [-0.05, 0) is 41.3 Å². The molecule has 88 valence electrons. The normalized spacial score (nSPS) is 14.0. The number of nitrogens with zero attached hydrogens (tertiary/aromatic N) is 1. The van der Waals surface area contributed by atoms with Crippen LogP contribution >= 0.6 is 0 Å². The van der Waals surface area contributed by atoms with Gasteiger partial charge in [-0.25, -0.2) is 4.98 Å². The molecule has 2 N–H and O–H groups in total. The molecule has 1 heterocycles. The van der Waals surface area contributed by atoms with Gasteiger partial charge in [0, 0.05) is 11.8 Å². The van der Waals surface area contributed by atoms with E-state index in [9.17, 15) is 4.79 Å². The Balaban J connectivity index is 2.02. The molecular weight excluding hydrogens is 224 g/mol. The van der Waals surface area contributed by atoms with E-state index in [0.29, 0.717) is 5.82 Å². The van der Waals surface area contributed by atoms with E-state index < -0.39 is 0 Å². The lowest BCUT2D eigenvalue weighted by Gasteiger charge is -2.16. The van der Waals surface area contributed by atoms with E-state index in [2.05, 4.69) is 4.98 Å².